The average Bonchev–Trinajstić information content (AvgIpc) is 4.56. The van der Waals surface area contributed by atoms with E-state index in [1.165, 1.54) is 66.2 Å². The highest BCUT2D eigenvalue weighted by Gasteiger charge is 2.11. The standard InChI is InChI=1S/2C11H10.C8H8O2.2C7H8.2C6H7N.C5H6N2.2C5H7N.C4H6N2/c1-9-5-4-7-10-6-2-3-8-11(9)10;1-9-6-7-10-4-2-3-5-11(10)8-9;1-6-2-3-7-8(4-6)10-5-9-7;2*1-7-5-3-2-4-6-7;1-6-3-2-4-7-5-6;1-6-4-2-3-5-7-6;1-5-3-2-4-6-7-5;1-5-2-3-6-4-5;1-5-3-2-4-6-5;1-4-2-3-5-6-4/h2*2-8H,1H3;2-4H,5H2,1H3;2*2-6H,1H3;2*2-5H,1H3;2-4H,1H3;2*2,4H,3H2,1H3;2-3H,1H3,(H,5,6). The van der Waals surface area contributed by atoms with Crippen molar-refractivity contribution >= 4 is 33.5 Å². The van der Waals surface area contributed by atoms with Crippen molar-refractivity contribution in [1.82, 2.24) is 30.4 Å². The van der Waals surface area contributed by atoms with Gasteiger partial charge in [0.25, 0.3) is 0 Å². The van der Waals surface area contributed by atoms with Crippen LogP contribution in [0.3, 0.4) is 0 Å². The van der Waals surface area contributed by atoms with Crippen LogP contribution in [0.25, 0.3) is 21.5 Å². The third-order valence-corrected chi connectivity index (χ3v) is 11.9. The van der Waals surface area contributed by atoms with E-state index in [1.54, 1.807) is 24.8 Å². The molecule has 0 radical (unpaired) electrons. The van der Waals surface area contributed by atoms with Gasteiger partial charge in [-0.2, -0.15) is 15.3 Å². The Morgan fingerprint density at radius 3 is 1.49 bits per heavy atom. The van der Waals surface area contributed by atoms with Gasteiger partial charge in [0, 0.05) is 66.9 Å². The number of H-pyrrole nitrogens is 1. The second-order valence-corrected chi connectivity index (χ2v) is 19.8. The molecule has 0 fully saturated rings. The molecule has 11 aromatic rings. The van der Waals surface area contributed by atoms with Gasteiger partial charge >= 0.3 is 0 Å². The van der Waals surface area contributed by atoms with E-state index in [1.807, 2.05) is 163 Å². The first kappa shape index (κ1) is 67.6. The number of rotatable bonds is 0. The van der Waals surface area contributed by atoms with Crippen LogP contribution in [0.15, 0.2) is 277 Å². The van der Waals surface area contributed by atoms with Gasteiger partial charge in [0.2, 0.25) is 6.79 Å². The number of aromatic amines is 1. The molecule has 0 aliphatic carbocycles. The molecule has 10 nitrogen and oxygen atoms in total. The smallest absolute Gasteiger partial charge is 0.231 e. The molecule has 3 aliphatic rings. The second kappa shape index (κ2) is 41.1. The minimum atomic E-state index is 0.360. The number of nitrogens with zero attached hydrogens (tertiary/aromatic N) is 7. The molecular weight excluding hydrogens is 1040 g/mol. The number of hydrogen-bond acceptors (Lipinski definition) is 9. The molecule has 0 spiro atoms. The van der Waals surface area contributed by atoms with E-state index in [-0.39, 0.29) is 0 Å². The van der Waals surface area contributed by atoms with Crippen LogP contribution in [-0.4, -0.2) is 55.6 Å². The molecule has 0 unspecified atom stereocenters. The summed E-state index contributed by atoms with van der Waals surface area (Å²) in [4.78, 5) is 15.8. The lowest BCUT2D eigenvalue weighted by atomic mass is 10.1. The van der Waals surface area contributed by atoms with Crippen LogP contribution in [0.4, 0.5) is 0 Å². The quantitative estimate of drug-likeness (QED) is 0.160. The first-order valence-corrected chi connectivity index (χ1v) is 28.3. The molecule has 4 aromatic heterocycles. The van der Waals surface area contributed by atoms with Gasteiger partial charge in [-0.05, 0) is 169 Å². The maximum Gasteiger partial charge on any atom is 0.231 e. The highest BCUT2D eigenvalue weighted by molar-refractivity contribution is 5.86. The number of aliphatic imine (C=N–C) groups is 2. The van der Waals surface area contributed by atoms with Crippen molar-refractivity contribution in [2.75, 3.05) is 13.3 Å². The van der Waals surface area contributed by atoms with Gasteiger partial charge < -0.3 is 9.47 Å². The minimum absolute atomic E-state index is 0.360. The molecule has 14 rings (SSSR count). The molecule has 3 aliphatic heterocycles. The first-order valence-electron chi connectivity index (χ1n) is 28.3. The summed E-state index contributed by atoms with van der Waals surface area (Å²) in [5.41, 5.74) is 13.4. The van der Waals surface area contributed by atoms with Gasteiger partial charge in [-0.3, -0.25) is 25.1 Å². The van der Waals surface area contributed by atoms with Crippen LogP contribution >= 0.6 is 0 Å². The zero-order valence-electron chi connectivity index (χ0n) is 51.5. The fourth-order valence-corrected chi connectivity index (χ4v) is 7.27. The Kier molecular flexibility index (Phi) is 32.7. The van der Waals surface area contributed by atoms with Crippen LogP contribution in [0, 0.1) is 62.3 Å². The third kappa shape index (κ3) is 31.2. The summed E-state index contributed by atoms with van der Waals surface area (Å²) in [7, 11) is 0. The SMILES string of the molecule is CC1=CCN=C1.CC1=NC=CC1.Cc1ccc2c(c1)OCO2.Cc1ccc2ccccc2c1.Cc1cccc2ccccc12.Cc1ccccc1.Cc1ccccc1.Cc1ccccn1.Cc1cccnc1.Cc1cccnn1.Cc1ccn[nH]1. The number of aromatic nitrogens is 6. The molecule has 436 valence electrons. The number of nitrogens with one attached hydrogen (secondary N) is 1. The Morgan fingerprint density at radius 2 is 1.06 bits per heavy atom. The first-order chi connectivity index (χ1) is 41.2. The molecule has 7 heterocycles. The van der Waals surface area contributed by atoms with Crippen molar-refractivity contribution in [2.24, 2.45) is 9.98 Å². The van der Waals surface area contributed by atoms with Gasteiger partial charge in [-0.25, -0.2) is 0 Å². The van der Waals surface area contributed by atoms with Crippen molar-refractivity contribution in [3.8, 4) is 11.5 Å². The maximum atomic E-state index is 5.16. The van der Waals surface area contributed by atoms with Gasteiger partial charge in [-0.15, -0.1) is 0 Å². The van der Waals surface area contributed by atoms with Gasteiger partial charge in [0.1, 0.15) is 0 Å². The average molecular weight is 1130 g/mol. The number of ether oxygens (including phenoxy) is 2. The van der Waals surface area contributed by atoms with Crippen LogP contribution < -0.4 is 9.47 Å². The van der Waals surface area contributed by atoms with E-state index in [2.05, 4.69) is 196 Å². The summed E-state index contributed by atoms with van der Waals surface area (Å²) in [5.74, 6) is 1.71. The highest BCUT2D eigenvalue weighted by Crippen LogP contribution is 2.32. The molecule has 0 atom stereocenters. The summed E-state index contributed by atoms with van der Waals surface area (Å²) >= 11 is 0. The Hall–Kier alpha value is -9.93. The van der Waals surface area contributed by atoms with Gasteiger partial charge in [0.05, 0.1) is 12.2 Å². The molecule has 0 saturated carbocycles. The highest BCUT2D eigenvalue weighted by atomic mass is 16.7. The molecule has 85 heavy (non-hydrogen) atoms. The fourth-order valence-electron chi connectivity index (χ4n) is 7.27. The Morgan fingerprint density at radius 1 is 0.447 bits per heavy atom. The van der Waals surface area contributed by atoms with E-state index in [9.17, 15) is 0 Å². The van der Waals surface area contributed by atoms with E-state index >= 15 is 0 Å². The molecule has 1 N–H and O–H groups in total. The van der Waals surface area contributed by atoms with Crippen molar-refractivity contribution < 1.29 is 9.47 Å². The third-order valence-electron chi connectivity index (χ3n) is 11.9. The fraction of sp³-hybridized carbons (Fsp3) is 0.187. The van der Waals surface area contributed by atoms with Gasteiger partial charge in [-0.1, -0.05) is 193 Å². The van der Waals surface area contributed by atoms with Crippen LogP contribution in [0.5, 0.6) is 11.5 Å². The lowest BCUT2D eigenvalue weighted by Gasteiger charge is -1.98. The molecule has 0 bridgehead atoms. The number of fused-ring (bicyclic) bond motifs is 3. The molecule has 10 heteroatoms. The summed E-state index contributed by atoms with van der Waals surface area (Å²) < 4.78 is 10.3. The van der Waals surface area contributed by atoms with Crippen molar-refractivity contribution in [2.45, 2.75) is 82.6 Å². The van der Waals surface area contributed by atoms with E-state index < -0.39 is 0 Å². The second-order valence-electron chi connectivity index (χ2n) is 19.8. The van der Waals surface area contributed by atoms with Crippen LogP contribution in [-0.2, 0) is 0 Å². The topological polar surface area (TPSA) is 123 Å². The number of aryl methyl sites for hydroxylation is 9. The molecule has 0 saturated heterocycles. The zero-order chi connectivity index (χ0) is 61.1. The van der Waals surface area contributed by atoms with E-state index in [0.717, 1.165) is 41.5 Å². The zero-order valence-corrected chi connectivity index (χ0v) is 51.5. The van der Waals surface area contributed by atoms with E-state index in [4.69, 9.17) is 9.47 Å². The number of allylic oxidation sites excluding steroid dienone is 2. The molecular formula is C75H84N8O2. The Bertz CT molecular complexity index is 3400. The number of benzene rings is 7. The predicted octanol–water partition coefficient (Wildman–Crippen LogP) is 18.7. The monoisotopic (exact) mass is 1130 g/mol. The van der Waals surface area contributed by atoms with Crippen LogP contribution in [0.1, 0.15) is 70.7 Å². The predicted molar refractivity (Wildman–Crippen MR) is 359 cm³/mol. The minimum Gasteiger partial charge on any atom is -0.454 e. The summed E-state index contributed by atoms with van der Waals surface area (Å²) in [6.45, 7) is 23.7. The van der Waals surface area contributed by atoms with Crippen molar-refractivity contribution in [3.63, 3.8) is 0 Å². The van der Waals surface area contributed by atoms with Crippen LogP contribution in [0.2, 0.25) is 0 Å². The Balaban J connectivity index is 0.000000202. The lowest BCUT2D eigenvalue weighted by Crippen LogP contribution is -1.92. The largest absolute Gasteiger partial charge is 0.454 e. The lowest BCUT2D eigenvalue weighted by molar-refractivity contribution is 0.174. The van der Waals surface area contributed by atoms with E-state index in [0.29, 0.717) is 6.79 Å². The number of pyridine rings is 2. The summed E-state index contributed by atoms with van der Waals surface area (Å²) in [6.07, 6.45) is 17.7. The normalized spacial score (nSPS) is 11.1. The van der Waals surface area contributed by atoms with Gasteiger partial charge in [0.15, 0.2) is 11.5 Å². The Labute approximate surface area is 505 Å². The summed E-state index contributed by atoms with van der Waals surface area (Å²) in [6, 6.07) is 71.7. The molecule has 0 amide bonds. The number of hydrogen-bond donors (Lipinski definition) is 1. The van der Waals surface area contributed by atoms with Crippen molar-refractivity contribution in [1.29, 1.82) is 0 Å². The maximum absolute atomic E-state index is 5.16. The molecule has 7 aromatic carbocycles. The summed E-state index contributed by atoms with van der Waals surface area (Å²) in [5, 5.41) is 19.1. The van der Waals surface area contributed by atoms with Crippen molar-refractivity contribution in [3.05, 3.63) is 318 Å².